The van der Waals surface area contributed by atoms with Crippen molar-refractivity contribution < 1.29 is 15.7 Å². The maximum atomic E-state index is 12.2. The summed E-state index contributed by atoms with van der Waals surface area (Å²) in [5, 5.41) is 0. The SMILES string of the molecule is O=C1C([O][Sn+2][O]C2=Cc3ccccc3C2=O)=Cc2ccccc21.[SH-].[SH-]. The van der Waals surface area contributed by atoms with Gasteiger partial charge in [-0.15, -0.1) is 0 Å². The Hall–Kier alpha value is -1.64. The zero-order valence-electron chi connectivity index (χ0n) is 12.8. The first-order chi connectivity index (χ1) is 11.2. The van der Waals surface area contributed by atoms with Crippen molar-refractivity contribution in [3.8, 4) is 0 Å². The topological polar surface area (TPSA) is 52.6 Å². The van der Waals surface area contributed by atoms with Crippen LogP contribution in [0.5, 0.6) is 0 Å². The molecular weight excluding hydrogens is 463 g/mol. The minimum Gasteiger partial charge on any atom is -0.813 e. The van der Waals surface area contributed by atoms with Crippen LogP contribution >= 0.6 is 0 Å². The van der Waals surface area contributed by atoms with Gasteiger partial charge in [-0.3, -0.25) is 0 Å². The van der Waals surface area contributed by atoms with E-state index in [1.165, 1.54) is 0 Å². The quantitative estimate of drug-likeness (QED) is 0.385. The smallest absolute Gasteiger partial charge is 0.813 e. The molecule has 2 aromatic carbocycles. The van der Waals surface area contributed by atoms with Crippen LogP contribution in [0, 0.1) is 0 Å². The Morgan fingerprint density at radius 1 is 0.640 bits per heavy atom. The molecule has 0 aliphatic heterocycles. The van der Waals surface area contributed by atoms with E-state index in [-0.39, 0.29) is 38.6 Å². The third kappa shape index (κ3) is 3.65. The van der Waals surface area contributed by atoms with Crippen molar-refractivity contribution in [2.24, 2.45) is 0 Å². The Bertz CT molecular complexity index is 832. The summed E-state index contributed by atoms with van der Waals surface area (Å²) in [7, 11) is 0. The van der Waals surface area contributed by atoms with Crippen molar-refractivity contribution in [2.75, 3.05) is 0 Å². The van der Waals surface area contributed by atoms with E-state index >= 15 is 0 Å². The fourth-order valence-electron chi connectivity index (χ4n) is 2.60. The molecule has 0 spiro atoms. The molecule has 0 fully saturated rings. The molecule has 0 radical (unpaired) electrons. The zero-order chi connectivity index (χ0) is 15.8. The Kier molecular flexibility index (Phi) is 6.42. The Morgan fingerprint density at radius 3 is 1.44 bits per heavy atom. The fraction of sp³-hybridized carbons (Fsp3) is 0. The number of Topliss-reactive ketones (excluding diaryl/α,β-unsaturated/α-hetero) is 2. The monoisotopic (exact) mass is 476 g/mol. The second-order valence-electron chi connectivity index (χ2n) is 5.14. The second kappa shape index (κ2) is 8.16. The number of hydrogen-bond acceptors (Lipinski definition) is 6. The predicted molar refractivity (Wildman–Crippen MR) is 103 cm³/mol. The first kappa shape index (κ1) is 19.7. The maximum absolute atomic E-state index is 12.2. The van der Waals surface area contributed by atoms with E-state index in [9.17, 15) is 9.59 Å². The van der Waals surface area contributed by atoms with Crippen LogP contribution in [0.3, 0.4) is 0 Å². The molecule has 0 heterocycles. The van der Waals surface area contributed by atoms with E-state index in [1.54, 1.807) is 24.3 Å². The van der Waals surface area contributed by atoms with Gasteiger partial charge in [-0.05, 0) is 0 Å². The van der Waals surface area contributed by atoms with Gasteiger partial charge in [0.1, 0.15) is 0 Å². The summed E-state index contributed by atoms with van der Waals surface area (Å²) >= 11 is -1.82. The van der Waals surface area contributed by atoms with Gasteiger partial charge in [0.15, 0.2) is 0 Å². The van der Waals surface area contributed by atoms with Gasteiger partial charge in [-0.1, -0.05) is 0 Å². The minimum absolute atomic E-state index is 0. The largest absolute Gasteiger partial charge is 0.813 e. The first-order valence-electron chi connectivity index (χ1n) is 7.03. The van der Waals surface area contributed by atoms with E-state index in [0.717, 1.165) is 11.1 Å². The molecule has 0 N–H and O–H groups in total. The number of benzene rings is 2. The van der Waals surface area contributed by atoms with E-state index in [4.69, 9.17) is 6.15 Å². The van der Waals surface area contributed by atoms with E-state index in [1.807, 2.05) is 36.4 Å². The number of ketones is 2. The molecule has 0 unspecified atom stereocenters. The molecule has 0 bridgehead atoms. The van der Waals surface area contributed by atoms with Gasteiger partial charge >= 0.3 is 144 Å². The summed E-state index contributed by atoms with van der Waals surface area (Å²) in [6.45, 7) is 0. The molecule has 0 aromatic heterocycles. The van der Waals surface area contributed by atoms with Gasteiger partial charge in [-0.25, -0.2) is 0 Å². The van der Waals surface area contributed by atoms with E-state index in [0.29, 0.717) is 22.6 Å². The van der Waals surface area contributed by atoms with Crippen molar-refractivity contribution in [3.63, 3.8) is 0 Å². The van der Waals surface area contributed by atoms with Crippen molar-refractivity contribution >= 4 is 72.7 Å². The van der Waals surface area contributed by atoms with Crippen LogP contribution in [0.15, 0.2) is 60.0 Å². The van der Waals surface area contributed by atoms with Crippen LogP contribution in [0.1, 0.15) is 31.8 Å². The number of thiol groups is 2. The summed E-state index contributed by atoms with van der Waals surface area (Å²) in [6.07, 6.45) is 3.45. The van der Waals surface area contributed by atoms with Crippen LogP contribution in [-0.4, -0.2) is 33.5 Å². The third-order valence-electron chi connectivity index (χ3n) is 3.73. The number of fused-ring (bicyclic) bond motifs is 2. The number of hydrogen-bond donors (Lipinski definition) is 0. The summed E-state index contributed by atoms with van der Waals surface area (Å²) in [4.78, 5) is 24.3. The molecule has 2 aliphatic rings. The van der Waals surface area contributed by atoms with Gasteiger partial charge in [0.25, 0.3) is 0 Å². The molecule has 0 saturated carbocycles. The molecule has 4 rings (SSSR count). The van der Waals surface area contributed by atoms with Crippen molar-refractivity contribution in [1.29, 1.82) is 0 Å². The number of carbonyl (C=O) groups is 2. The molecule has 4 nitrogen and oxygen atoms in total. The molecule has 2 aliphatic carbocycles. The maximum Gasteiger partial charge on any atom is -0.813 e. The Morgan fingerprint density at radius 2 is 1.04 bits per heavy atom. The molecule has 2 aromatic rings. The van der Waals surface area contributed by atoms with E-state index in [2.05, 4.69) is 0 Å². The van der Waals surface area contributed by atoms with Crippen LogP contribution in [-0.2, 0) is 33.1 Å². The Labute approximate surface area is 170 Å². The molecule has 124 valence electrons. The average molecular weight is 475 g/mol. The predicted octanol–water partition coefficient (Wildman–Crippen LogP) is 2.49. The first-order valence-corrected chi connectivity index (χ1v) is 9.36. The average Bonchev–Trinajstić information content (AvgIpc) is 3.07. The summed E-state index contributed by atoms with van der Waals surface area (Å²) in [5.41, 5.74) is 3.00. The van der Waals surface area contributed by atoms with Crippen LogP contribution in [0.4, 0.5) is 0 Å². The fourth-order valence-corrected chi connectivity index (χ4v) is 4.10. The zero-order valence-corrected chi connectivity index (χ0v) is 17.4. The van der Waals surface area contributed by atoms with Gasteiger partial charge < -0.3 is 27.0 Å². The minimum atomic E-state index is -1.82. The van der Waals surface area contributed by atoms with Crippen molar-refractivity contribution in [3.05, 3.63) is 82.3 Å². The second-order valence-corrected chi connectivity index (χ2v) is 6.78. The summed E-state index contributed by atoms with van der Waals surface area (Å²) in [5.74, 6) is 0.364. The van der Waals surface area contributed by atoms with Crippen LogP contribution in [0.25, 0.3) is 12.2 Å². The molecular formula is C18H12O4S2Sn. The molecule has 25 heavy (non-hydrogen) atoms. The number of carbonyl (C=O) groups excluding carboxylic acids is 2. The molecule has 0 amide bonds. The van der Waals surface area contributed by atoms with Crippen molar-refractivity contribution in [2.45, 2.75) is 0 Å². The summed E-state index contributed by atoms with van der Waals surface area (Å²) in [6, 6.07) is 14.7. The summed E-state index contributed by atoms with van der Waals surface area (Å²) < 4.78 is 11.1. The van der Waals surface area contributed by atoms with Gasteiger partial charge in [0, 0.05) is 0 Å². The molecule has 7 heteroatoms. The molecule has 0 saturated heterocycles. The molecule has 0 atom stereocenters. The van der Waals surface area contributed by atoms with Gasteiger partial charge in [-0.2, -0.15) is 0 Å². The van der Waals surface area contributed by atoms with Gasteiger partial charge in [0.2, 0.25) is 0 Å². The third-order valence-corrected chi connectivity index (χ3v) is 5.47. The van der Waals surface area contributed by atoms with Crippen LogP contribution < -0.4 is 0 Å². The number of rotatable bonds is 4. The number of allylic oxidation sites excluding steroid dienone is 2. The standard InChI is InChI=1S/2C9H6O2.2H2S.Sn/c2*10-8-5-6-3-1-2-4-7(6)9(8)11;;;/h2*1-5H,(H,10,11);2*1H2;/q;;;;+4/p-4. The van der Waals surface area contributed by atoms with E-state index < -0.39 is 22.0 Å². The van der Waals surface area contributed by atoms with Gasteiger partial charge in [0.05, 0.1) is 0 Å². The van der Waals surface area contributed by atoms with Crippen molar-refractivity contribution in [1.82, 2.24) is 0 Å². The Balaban J connectivity index is 0.00000113. The van der Waals surface area contributed by atoms with Crippen LogP contribution in [0.2, 0.25) is 0 Å². The normalized spacial score (nSPS) is 13.4.